The molecule has 0 aromatic rings. The van der Waals surface area contributed by atoms with E-state index in [1.54, 1.807) is 13.8 Å². The summed E-state index contributed by atoms with van der Waals surface area (Å²) in [6, 6.07) is 0.151. The normalized spacial score (nSPS) is 14.3. The van der Waals surface area contributed by atoms with E-state index in [0.29, 0.717) is 16.7 Å². The fourth-order valence-corrected chi connectivity index (χ4v) is 1.86. The largest absolute Gasteiger partial charge is 1.00 e. The molecular formula is C13H26ClNO3. The average Bonchev–Trinajstić information content (AvgIpc) is 2.13. The molecule has 0 rings (SSSR count). The molecule has 0 spiro atoms. The number of carbonyl (C=O) groups is 1. The van der Waals surface area contributed by atoms with Gasteiger partial charge in [0.2, 0.25) is 0 Å². The van der Waals surface area contributed by atoms with E-state index >= 15 is 0 Å². The van der Waals surface area contributed by atoms with E-state index in [2.05, 4.69) is 27.7 Å². The van der Waals surface area contributed by atoms with Crippen molar-refractivity contribution >= 4 is 5.97 Å². The number of esters is 1. The first-order valence-electron chi connectivity index (χ1n) is 5.98. The number of rotatable bonds is 7. The van der Waals surface area contributed by atoms with Crippen molar-refractivity contribution in [2.45, 2.75) is 38.8 Å². The Labute approximate surface area is 117 Å². The van der Waals surface area contributed by atoms with Crippen molar-refractivity contribution in [3.05, 3.63) is 12.2 Å². The van der Waals surface area contributed by atoms with E-state index in [0.717, 1.165) is 12.8 Å². The number of carbonyl (C=O) groups excluding carboxylic acids is 1. The molecule has 2 unspecified atom stereocenters. The van der Waals surface area contributed by atoms with Crippen LogP contribution in [-0.2, 0) is 9.53 Å². The summed E-state index contributed by atoms with van der Waals surface area (Å²) < 4.78 is 5.72. The second kappa shape index (κ2) is 8.51. The Morgan fingerprint density at radius 3 is 2.22 bits per heavy atom. The third kappa shape index (κ3) is 7.69. The molecule has 4 nitrogen and oxygen atoms in total. The van der Waals surface area contributed by atoms with Crippen LogP contribution in [-0.4, -0.2) is 55.5 Å². The maximum Gasteiger partial charge on any atom is 0.333 e. The van der Waals surface area contributed by atoms with Crippen molar-refractivity contribution in [2.75, 3.05) is 27.7 Å². The molecule has 0 aliphatic heterocycles. The maximum atomic E-state index is 11.1. The van der Waals surface area contributed by atoms with Gasteiger partial charge in [-0.25, -0.2) is 4.79 Å². The molecule has 0 saturated heterocycles. The minimum Gasteiger partial charge on any atom is -1.00 e. The number of likely N-dealkylation sites (N-methyl/N-ethyl adjacent to an activating group) is 1. The SMILES string of the molecule is C=C(C)C(=O)OCCCC(C(C)O)[N+](C)(C)C.[Cl-]. The van der Waals surface area contributed by atoms with Gasteiger partial charge in [-0.05, 0) is 20.3 Å². The predicted octanol–water partition coefficient (Wildman–Crippen LogP) is -1.65. The van der Waals surface area contributed by atoms with E-state index in [1.807, 2.05) is 0 Å². The average molecular weight is 280 g/mol. The Balaban J connectivity index is 0. The summed E-state index contributed by atoms with van der Waals surface area (Å²) in [5.41, 5.74) is 0.420. The molecule has 0 bridgehead atoms. The number of hydrogen-bond donors (Lipinski definition) is 1. The topological polar surface area (TPSA) is 46.5 Å². The summed E-state index contributed by atoms with van der Waals surface area (Å²) in [4.78, 5) is 11.1. The number of hydrogen-bond acceptors (Lipinski definition) is 3. The summed E-state index contributed by atoms with van der Waals surface area (Å²) >= 11 is 0. The molecule has 0 aliphatic carbocycles. The molecule has 2 atom stereocenters. The highest BCUT2D eigenvalue weighted by molar-refractivity contribution is 5.86. The summed E-state index contributed by atoms with van der Waals surface area (Å²) in [7, 11) is 6.16. The van der Waals surface area contributed by atoms with Gasteiger partial charge in [-0.1, -0.05) is 6.58 Å². The lowest BCUT2D eigenvalue weighted by atomic mass is 10.0. The molecule has 18 heavy (non-hydrogen) atoms. The summed E-state index contributed by atoms with van der Waals surface area (Å²) in [5.74, 6) is -0.344. The van der Waals surface area contributed by atoms with Gasteiger partial charge in [0.05, 0.1) is 27.7 Å². The standard InChI is InChI=1S/C13H26NO3.ClH/c1-10(2)13(16)17-9-7-8-12(11(3)15)14(4,5)6;/h11-12,15H,1,7-9H2,2-6H3;1H/q+1;/p-1. The molecule has 0 fully saturated rings. The summed E-state index contributed by atoms with van der Waals surface area (Å²) in [6.07, 6.45) is 1.21. The number of ether oxygens (including phenoxy) is 1. The van der Waals surface area contributed by atoms with Gasteiger partial charge < -0.3 is 26.7 Å². The zero-order valence-corrected chi connectivity index (χ0v) is 12.8. The fraction of sp³-hybridized carbons (Fsp3) is 0.769. The van der Waals surface area contributed by atoms with Crippen molar-refractivity contribution in [2.24, 2.45) is 0 Å². The first-order valence-corrected chi connectivity index (χ1v) is 5.98. The predicted molar refractivity (Wildman–Crippen MR) is 68.5 cm³/mol. The number of halogens is 1. The van der Waals surface area contributed by atoms with Crippen molar-refractivity contribution in [3.63, 3.8) is 0 Å². The lowest BCUT2D eigenvalue weighted by Crippen LogP contribution is -3.00. The molecule has 5 heteroatoms. The number of aliphatic hydroxyl groups is 1. The van der Waals surface area contributed by atoms with Crippen LogP contribution >= 0.6 is 0 Å². The Hall–Kier alpha value is -0.580. The van der Waals surface area contributed by atoms with Gasteiger partial charge in [-0.3, -0.25) is 0 Å². The van der Waals surface area contributed by atoms with Gasteiger partial charge in [0.25, 0.3) is 0 Å². The van der Waals surface area contributed by atoms with E-state index in [-0.39, 0.29) is 30.5 Å². The monoisotopic (exact) mass is 279 g/mol. The van der Waals surface area contributed by atoms with Crippen molar-refractivity contribution in [1.29, 1.82) is 0 Å². The van der Waals surface area contributed by atoms with Crippen LogP contribution in [0.2, 0.25) is 0 Å². The highest BCUT2D eigenvalue weighted by Crippen LogP contribution is 2.14. The third-order valence-electron chi connectivity index (χ3n) is 2.78. The summed E-state index contributed by atoms with van der Waals surface area (Å²) in [5, 5.41) is 9.71. The minimum absolute atomic E-state index is 0. The highest BCUT2D eigenvalue weighted by Gasteiger charge is 2.27. The van der Waals surface area contributed by atoms with Gasteiger partial charge in [0.1, 0.15) is 12.1 Å². The third-order valence-corrected chi connectivity index (χ3v) is 2.78. The Morgan fingerprint density at radius 2 is 1.89 bits per heavy atom. The number of quaternary nitrogens is 1. The number of nitrogens with zero attached hydrogens (tertiary/aromatic N) is 1. The Morgan fingerprint density at radius 1 is 1.39 bits per heavy atom. The van der Waals surface area contributed by atoms with Crippen molar-refractivity contribution in [1.82, 2.24) is 0 Å². The molecule has 0 heterocycles. The number of aliphatic hydroxyl groups excluding tert-OH is 1. The minimum atomic E-state index is -0.369. The molecule has 108 valence electrons. The zero-order valence-electron chi connectivity index (χ0n) is 12.1. The molecule has 0 aliphatic rings. The van der Waals surface area contributed by atoms with Crippen LogP contribution in [0.15, 0.2) is 12.2 Å². The van der Waals surface area contributed by atoms with Crippen LogP contribution in [0.4, 0.5) is 0 Å². The molecular weight excluding hydrogens is 254 g/mol. The van der Waals surface area contributed by atoms with Crippen molar-refractivity contribution < 1.29 is 31.5 Å². The van der Waals surface area contributed by atoms with Gasteiger partial charge >= 0.3 is 5.97 Å². The first-order chi connectivity index (χ1) is 7.66. The van der Waals surface area contributed by atoms with Crippen LogP contribution in [0.5, 0.6) is 0 Å². The van der Waals surface area contributed by atoms with Crippen LogP contribution < -0.4 is 12.4 Å². The molecule has 1 N–H and O–H groups in total. The maximum absolute atomic E-state index is 11.1. The second-order valence-corrected chi connectivity index (χ2v) is 5.48. The van der Waals surface area contributed by atoms with Crippen molar-refractivity contribution in [3.8, 4) is 0 Å². The first kappa shape index (κ1) is 19.8. The van der Waals surface area contributed by atoms with Gasteiger partial charge in [-0.15, -0.1) is 0 Å². The van der Waals surface area contributed by atoms with Gasteiger partial charge in [0.15, 0.2) is 0 Å². The highest BCUT2D eigenvalue weighted by atomic mass is 35.5. The van der Waals surface area contributed by atoms with E-state index in [4.69, 9.17) is 4.74 Å². The van der Waals surface area contributed by atoms with Crippen LogP contribution in [0.3, 0.4) is 0 Å². The quantitative estimate of drug-likeness (QED) is 0.263. The molecule has 0 aromatic heterocycles. The van der Waals surface area contributed by atoms with Crippen LogP contribution in [0, 0.1) is 0 Å². The molecule has 0 radical (unpaired) electrons. The van der Waals surface area contributed by atoms with Crippen LogP contribution in [0.25, 0.3) is 0 Å². The zero-order chi connectivity index (χ0) is 13.6. The lowest BCUT2D eigenvalue weighted by molar-refractivity contribution is -0.900. The molecule has 0 aromatic carbocycles. The Bertz CT molecular complexity index is 272. The van der Waals surface area contributed by atoms with Gasteiger partial charge in [-0.2, -0.15) is 0 Å². The fourth-order valence-electron chi connectivity index (χ4n) is 1.86. The van der Waals surface area contributed by atoms with E-state index in [1.165, 1.54) is 0 Å². The van der Waals surface area contributed by atoms with E-state index < -0.39 is 0 Å². The smallest absolute Gasteiger partial charge is 0.333 e. The van der Waals surface area contributed by atoms with Gasteiger partial charge in [0, 0.05) is 12.0 Å². The second-order valence-electron chi connectivity index (χ2n) is 5.48. The van der Waals surface area contributed by atoms with E-state index in [9.17, 15) is 9.90 Å². The lowest BCUT2D eigenvalue weighted by Gasteiger charge is -2.36. The van der Waals surface area contributed by atoms with Crippen LogP contribution in [0.1, 0.15) is 26.7 Å². The molecule has 0 amide bonds. The Kier molecular flexibility index (Phi) is 9.34. The summed E-state index contributed by atoms with van der Waals surface area (Å²) in [6.45, 7) is 7.33. The molecule has 0 saturated carbocycles.